The van der Waals surface area contributed by atoms with Gasteiger partial charge in [-0.15, -0.1) is 0 Å². The Hall–Kier alpha value is -0.580. The number of ether oxygens (including phenoxy) is 1. The number of hydrogen-bond donors (Lipinski definition) is 1. The molecular formula is C15H23BrN2O. The largest absolute Gasteiger partial charge is 0.378 e. The topological polar surface area (TPSA) is 38.5 Å². The van der Waals surface area contributed by atoms with E-state index in [4.69, 9.17) is 10.5 Å². The number of nitrogens with zero attached hydrogens (tertiary/aromatic N) is 1. The SMILES string of the molecule is CCOC1CCN(c2ccc([C@@H](C)N)cc2Br)CC1. The summed E-state index contributed by atoms with van der Waals surface area (Å²) in [6.45, 7) is 7.00. The fraction of sp³-hybridized carbons (Fsp3) is 0.600. The third-order valence-electron chi connectivity index (χ3n) is 3.68. The molecule has 1 aromatic carbocycles. The van der Waals surface area contributed by atoms with Gasteiger partial charge in [-0.25, -0.2) is 0 Å². The van der Waals surface area contributed by atoms with Gasteiger partial charge in [0.05, 0.1) is 11.8 Å². The summed E-state index contributed by atoms with van der Waals surface area (Å²) in [6.07, 6.45) is 2.65. The van der Waals surface area contributed by atoms with E-state index in [1.807, 2.05) is 6.92 Å². The maximum atomic E-state index is 5.91. The molecule has 0 spiro atoms. The molecule has 1 saturated heterocycles. The van der Waals surface area contributed by atoms with Gasteiger partial charge < -0.3 is 15.4 Å². The second-order valence-electron chi connectivity index (χ2n) is 5.14. The van der Waals surface area contributed by atoms with Gasteiger partial charge in [-0.3, -0.25) is 0 Å². The van der Waals surface area contributed by atoms with Crippen LogP contribution in [0.25, 0.3) is 0 Å². The van der Waals surface area contributed by atoms with Crippen LogP contribution in [0.3, 0.4) is 0 Å². The van der Waals surface area contributed by atoms with Gasteiger partial charge in [0.15, 0.2) is 0 Å². The van der Waals surface area contributed by atoms with Crippen molar-refractivity contribution in [3.8, 4) is 0 Å². The van der Waals surface area contributed by atoms with Crippen LogP contribution in [0, 0.1) is 0 Å². The van der Waals surface area contributed by atoms with Crippen LogP contribution in [0.4, 0.5) is 5.69 Å². The molecule has 1 aromatic rings. The number of piperidine rings is 1. The minimum absolute atomic E-state index is 0.0778. The van der Waals surface area contributed by atoms with E-state index in [1.165, 1.54) is 11.3 Å². The number of anilines is 1. The molecule has 4 heteroatoms. The van der Waals surface area contributed by atoms with Crippen molar-refractivity contribution in [1.29, 1.82) is 0 Å². The standard InChI is InChI=1S/C15H23BrN2O/c1-3-19-13-6-8-18(9-7-13)15-5-4-12(11(2)17)10-14(15)16/h4-5,10-11,13H,3,6-9,17H2,1-2H3/t11-/m1/s1. The Kier molecular flexibility index (Phi) is 5.25. The highest BCUT2D eigenvalue weighted by Gasteiger charge is 2.21. The van der Waals surface area contributed by atoms with Crippen molar-refractivity contribution in [3.05, 3.63) is 28.2 Å². The van der Waals surface area contributed by atoms with Crippen LogP contribution in [0.15, 0.2) is 22.7 Å². The quantitative estimate of drug-likeness (QED) is 0.920. The van der Waals surface area contributed by atoms with Crippen LogP contribution in [0.2, 0.25) is 0 Å². The molecule has 3 nitrogen and oxygen atoms in total. The van der Waals surface area contributed by atoms with E-state index in [2.05, 4.69) is 46.0 Å². The number of rotatable bonds is 4. The van der Waals surface area contributed by atoms with Crippen molar-refractivity contribution in [1.82, 2.24) is 0 Å². The molecule has 1 aliphatic heterocycles. The van der Waals surface area contributed by atoms with E-state index in [0.29, 0.717) is 6.10 Å². The summed E-state index contributed by atoms with van der Waals surface area (Å²) < 4.78 is 6.83. The summed E-state index contributed by atoms with van der Waals surface area (Å²) in [5.41, 5.74) is 8.34. The normalized spacial score (nSPS) is 18.6. The van der Waals surface area contributed by atoms with E-state index >= 15 is 0 Å². The monoisotopic (exact) mass is 326 g/mol. The molecule has 19 heavy (non-hydrogen) atoms. The summed E-state index contributed by atoms with van der Waals surface area (Å²) in [5, 5.41) is 0. The van der Waals surface area contributed by atoms with Gasteiger partial charge in [0.2, 0.25) is 0 Å². The third-order valence-corrected chi connectivity index (χ3v) is 4.32. The smallest absolute Gasteiger partial charge is 0.0608 e. The van der Waals surface area contributed by atoms with Crippen LogP contribution >= 0.6 is 15.9 Å². The summed E-state index contributed by atoms with van der Waals surface area (Å²) in [4.78, 5) is 2.42. The lowest BCUT2D eigenvalue weighted by Gasteiger charge is -2.34. The minimum Gasteiger partial charge on any atom is -0.378 e. The Morgan fingerprint density at radius 1 is 1.42 bits per heavy atom. The molecule has 0 radical (unpaired) electrons. The molecule has 2 N–H and O–H groups in total. The summed E-state index contributed by atoms with van der Waals surface area (Å²) in [6, 6.07) is 6.51. The van der Waals surface area contributed by atoms with Crippen LogP contribution < -0.4 is 10.6 Å². The van der Waals surface area contributed by atoms with Gasteiger partial charge in [-0.05, 0) is 60.3 Å². The molecular weight excluding hydrogens is 304 g/mol. The molecule has 0 aliphatic carbocycles. The van der Waals surface area contributed by atoms with Crippen LogP contribution in [0.1, 0.15) is 38.3 Å². The molecule has 2 rings (SSSR count). The highest BCUT2D eigenvalue weighted by molar-refractivity contribution is 9.10. The Labute approximate surface area is 124 Å². The molecule has 0 amide bonds. The molecule has 0 bridgehead atoms. The zero-order valence-corrected chi connectivity index (χ0v) is 13.3. The summed E-state index contributed by atoms with van der Waals surface area (Å²) in [7, 11) is 0. The van der Waals surface area contributed by atoms with E-state index in [1.54, 1.807) is 0 Å². The maximum absolute atomic E-state index is 5.91. The van der Waals surface area contributed by atoms with Gasteiger partial charge in [0.1, 0.15) is 0 Å². The lowest BCUT2D eigenvalue weighted by Crippen LogP contribution is -2.37. The number of benzene rings is 1. The van der Waals surface area contributed by atoms with Crippen molar-refractivity contribution in [2.75, 3.05) is 24.6 Å². The van der Waals surface area contributed by atoms with Crippen molar-refractivity contribution < 1.29 is 4.74 Å². The van der Waals surface area contributed by atoms with Crippen molar-refractivity contribution in [2.24, 2.45) is 5.73 Å². The first kappa shape index (κ1) is 14.8. The second kappa shape index (κ2) is 6.73. The number of halogens is 1. The van der Waals surface area contributed by atoms with E-state index in [9.17, 15) is 0 Å². The highest BCUT2D eigenvalue weighted by atomic mass is 79.9. The predicted molar refractivity (Wildman–Crippen MR) is 83.6 cm³/mol. The molecule has 0 saturated carbocycles. The fourth-order valence-electron chi connectivity index (χ4n) is 2.56. The first-order valence-electron chi connectivity index (χ1n) is 7.03. The fourth-order valence-corrected chi connectivity index (χ4v) is 3.21. The van der Waals surface area contributed by atoms with Crippen molar-refractivity contribution in [3.63, 3.8) is 0 Å². The minimum atomic E-state index is 0.0778. The van der Waals surface area contributed by atoms with Gasteiger partial charge in [-0.2, -0.15) is 0 Å². The Morgan fingerprint density at radius 2 is 2.11 bits per heavy atom. The average molecular weight is 327 g/mol. The summed E-state index contributed by atoms with van der Waals surface area (Å²) >= 11 is 3.67. The van der Waals surface area contributed by atoms with E-state index in [0.717, 1.165) is 37.0 Å². The lowest BCUT2D eigenvalue weighted by atomic mass is 10.1. The third kappa shape index (κ3) is 3.71. The molecule has 0 aromatic heterocycles. The zero-order valence-electron chi connectivity index (χ0n) is 11.7. The maximum Gasteiger partial charge on any atom is 0.0608 e. The first-order chi connectivity index (χ1) is 9.11. The number of hydrogen-bond acceptors (Lipinski definition) is 3. The zero-order chi connectivity index (χ0) is 13.8. The van der Waals surface area contributed by atoms with Gasteiger partial charge in [0, 0.05) is 30.2 Å². The highest BCUT2D eigenvalue weighted by Crippen LogP contribution is 2.31. The second-order valence-corrected chi connectivity index (χ2v) is 6.00. The van der Waals surface area contributed by atoms with E-state index in [-0.39, 0.29) is 6.04 Å². The van der Waals surface area contributed by atoms with Crippen molar-refractivity contribution in [2.45, 2.75) is 38.8 Å². The molecule has 106 valence electrons. The lowest BCUT2D eigenvalue weighted by molar-refractivity contribution is 0.0459. The molecule has 1 fully saturated rings. The van der Waals surface area contributed by atoms with Crippen molar-refractivity contribution >= 4 is 21.6 Å². The Morgan fingerprint density at radius 3 is 2.63 bits per heavy atom. The first-order valence-corrected chi connectivity index (χ1v) is 7.82. The molecule has 1 aliphatic rings. The Bertz CT molecular complexity index is 415. The molecule has 0 unspecified atom stereocenters. The van der Waals surface area contributed by atoms with Gasteiger partial charge in [0.25, 0.3) is 0 Å². The van der Waals surface area contributed by atoms with Gasteiger partial charge >= 0.3 is 0 Å². The molecule has 1 atom stereocenters. The van der Waals surface area contributed by atoms with Gasteiger partial charge in [-0.1, -0.05) is 6.07 Å². The summed E-state index contributed by atoms with van der Waals surface area (Å²) in [5.74, 6) is 0. The Balaban J connectivity index is 2.03. The van der Waals surface area contributed by atoms with E-state index < -0.39 is 0 Å². The van der Waals surface area contributed by atoms with Crippen LogP contribution in [0.5, 0.6) is 0 Å². The molecule has 1 heterocycles. The number of nitrogens with two attached hydrogens (primary N) is 1. The predicted octanol–water partition coefficient (Wildman–Crippen LogP) is 3.47. The van der Waals surface area contributed by atoms with Crippen LogP contribution in [-0.2, 0) is 4.74 Å². The van der Waals surface area contributed by atoms with Crippen LogP contribution in [-0.4, -0.2) is 25.8 Å². The average Bonchev–Trinajstić information content (AvgIpc) is 2.40.